The molecule has 0 amide bonds. The minimum Gasteiger partial charge on any atom is -0.298 e. The zero-order chi connectivity index (χ0) is 16.0. The molecule has 2 aromatic carbocycles. The average Bonchev–Trinajstić information content (AvgIpc) is 3.35. The fourth-order valence-electron chi connectivity index (χ4n) is 2.80. The molecule has 23 heavy (non-hydrogen) atoms. The smallest absolute Gasteiger partial charge is 0.241 e. The molecule has 0 saturated heterocycles. The molecular formula is C18H15NO3S. The van der Waals surface area contributed by atoms with Crippen LogP contribution >= 0.6 is 0 Å². The molecule has 116 valence electrons. The predicted octanol–water partition coefficient (Wildman–Crippen LogP) is 3.46. The van der Waals surface area contributed by atoms with Gasteiger partial charge in [-0.25, -0.2) is 12.4 Å². The van der Waals surface area contributed by atoms with E-state index in [9.17, 15) is 13.2 Å². The molecule has 5 heteroatoms. The molecule has 4 rings (SSSR count). The van der Waals surface area contributed by atoms with Crippen LogP contribution in [0.1, 0.15) is 23.2 Å². The standard InChI is InChI=1S/C18H15NO3S/c20-12-13-1-3-14(4-2-13)15-5-8-18-16(11-15)9-10-19(18)23(21,22)17-6-7-17/h1-5,8-12,17H,6-7H2. The first kappa shape index (κ1) is 14.2. The van der Waals surface area contributed by atoms with Crippen molar-refractivity contribution in [2.24, 2.45) is 0 Å². The molecule has 0 atom stereocenters. The second-order valence-corrected chi connectivity index (χ2v) is 7.96. The lowest BCUT2D eigenvalue weighted by Crippen LogP contribution is -2.16. The molecule has 1 saturated carbocycles. The molecule has 0 bridgehead atoms. The van der Waals surface area contributed by atoms with E-state index >= 15 is 0 Å². The number of hydrogen-bond acceptors (Lipinski definition) is 3. The molecule has 3 aromatic rings. The van der Waals surface area contributed by atoms with Crippen molar-refractivity contribution in [3.8, 4) is 11.1 Å². The summed E-state index contributed by atoms with van der Waals surface area (Å²) in [6.07, 6.45) is 3.96. The van der Waals surface area contributed by atoms with Crippen LogP contribution in [0.5, 0.6) is 0 Å². The van der Waals surface area contributed by atoms with Gasteiger partial charge in [-0.1, -0.05) is 30.3 Å². The minimum absolute atomic E-state index is 0.228. The van der Waals surface area contributed by atoms with Crippen molar-refractivity contribution in [3.63, 3.8) is 0 Å². The fourth-order valence-corrected chi connectivity index (χ4v) is 4.52. The van der Waals surface area contributed by atoms with Gasteiger partial charge in [-0.3, -0.25) is 4.79 Å². The molecule has 1 aliphatic rings. The van der Waals surface area contributed by atoms with Crippen molar-refractivity contribution in [1.29, 1.82) is 0 Å². The van der Waals surface area contributed by atoms with Crippen LogP contribution in [0.2, 0.25) is 0 Å². The first-order valence-electron chi connectivity index (χ1n) is 7.51. The molecule has 4 nitrogen and oxygen atoms in total. The summed E-state index contributed by atoms with van der Waals surface area (Å²) in [5.74, 6) is 0. The van der Waals surface area contributed by atoms with Gasteiger partial charge in [0.1, 0.15) is 6.29 Å². The number of hydrogen-bond donors (Lipinski definition) is 0. The average molecular weight is 325 g/mol. The van der Waals surface area contributed by atoms with E-state index < -0.39 is 10.0 Å². The van der Waals surface area contributed by atoms with Crippen LogP contribution in [-0.4, -0.2) is 23.9 Å². The third-order valence-corrected chi connectivity index (χ3v) is 6.43. The van der Waals surface area contributed by atoms with Crippen LogP contribution in [0, 0.1) is 0 Å². The molecule has 0 spiro atoms. The van der Waals surface area contributed by atoms with E-state index in [-0.39, 0.29) is 5.25 Å². The Hall–Kier alpha value is -2.40. The van der Waals surface area contributed by atoms with Crippen LogP contribution in [0.15, 0.2) is 54.7 Å². The van der Waals surface area contributed by atoms with Crippen LogP contribution in [0.4, 0.5) is 0 Å². The monoisotopic (exact) mass is 325 g/mol. The molecule has 1 heterocycles. The van der Waals surface area contributed by atoms with Gasteiger partial charge in [-0.2, -0.15) is 0 Å². The number of fused-ring (bicyclic) bond motifs is 1. The van der Waals surface area contributed by atoms with Crippen molar-refractivity contribution in [2.45, 2.75) is 18.1 Å². The highest BCUT2D eigenvalue weighted by Gasteiger charge is 2.37. The molecule has 1 aromatic heterocycles. The number of aromatic nitrogens is 1. The Bertz CT molecular complexity index is 996. The first-order chi connectivity index (χ1) is 11.1. The van der Waals surface area contributed by atoms with Crippen LogP contribution < -0.4 is 0 Å². The SMILES string of the molecule is O=Cc1ccc(-c2ccc3c(ccn3S(=O)(=O)C3CC3)c2)cc1. The Morgan fingerprint density at radius 3 is 2.30 bits per heavy atom. The summed E-state index contributed by atoms with van der Waals surface area (Å²) >= 11 is 0. The lowest BCUT2D eigenvalue weighted by atomic mass is 10.0. The Morgan fingerprint density at radius 2 is 1.65 bits per heavy atom. The highest BCUT2D eigenvalue weighted by Crippen LogP contribution is 2.33. The predicted molar refractivity (Wildman–Crippen MR) is 90.1 cm³/mol. The maximum atomic E-state index is 12.4. The number of benzene rings is 2. The van der Waals surface area contributed by atoms with E-state index in [0.717, 1.165) is 35.6 Å². The Morgan fingerprint density at radius 1 is 0.957 bits per heavy atom. The second-order valence-electron chi connectivity index (χ2n) is 5.87. The van der Waals surface area contributed by atoms with Gasteiger partial charge in [0.15, 0.2) is 0 Å². The Kier molecular flexibility index (Phi) is 3.13. The summed E-state index contributed by atoms with van der Waals surface area (Å²) in [7, 11) is -3.26. The van der Waals surface area contributed by atoms with Gasteiger partial charge in [0.2, 0.25) is 10.0 Å². The summed E-state index contributed by atoms with van der Waals surface area (Å²) in [6, 6.07) is 14.9. The van der Waals surface area contributed by atoms with Gasteiger partial charge in [0, 0.05) is 17.1 Å². The van der Waals surface area contributed by atoms with Crippen molar-refractivity contribution < 1.29 is 13.2 Å². The summed E-state index contributed by atoms with van der Waals surface area (Å²) in [6.45, 7) is 0. The Labute approximate surface area is 134 Å². The van der Waals surface area contributed by atoms with E-state index in [2.05, 4.69) is 0 Å². The maximum Gasteiger partial charge on any atom is 0.241 e. The number of nitrogens with zero attached hydrogens (tertiary/aromatic N) is 1. The van der Waals surface area contributed by atoms with Crippen molar-refractivity contribution >= 4 is 27.2 Å². The van der Waals surface area contributed by atoms with Gasteiger partial charge in [-0.15, -0.1) is 0 Å². The molecule has 0 radical (unpaired) electrons. The topological polar surface area (TPSA) is 56.1 Å². The normalized spacial score (nSPS) is 15.0. The largest absolute Gasteiger partial charge is 0.298 e. The van der Waals surface area contributed by atoms with Gasteiger partial charge in [0.05, 0.1) is 10.8 Å². The maximum absolute atomic E-state index is 12.4. The van der Waals surface area contributed by atoms with Gasteiger partial charge in [0.25, 0.3) is 0 Å². The third kappa shape index (κ3) is 2.37. The lowest BCUT2D eigenvalue weighted by molar-refractivity contribution is 0.112. The quantitative estimate of drug-likeness (QED) is 0.690. The minimum atomic E-state index is -3.26. The molecule has 0 unspecified atom stereocenters. The highest BCUT2D eigenvalue weighted by molar-refractivity contribution is 7.91. The molecule has 0 N–H and O–H groups in total. The van der Waals surface area contributed by atoms with Crippen LogP contribution in [0.3, 0.4) is 0 Å². The van der Waals surface area contributed by atoms with Gasteiger partial charge in [-0.05, 0) is 42.2 Å². The molecule has 1 aliphatic carbocycles. The second kappa shape index (κ2) is 5.06. The van der Waals surface area contributed by atoms with Gasteiger partial charge >= 0.3 is 0 Å². The fraction of sp³-hybridized carbons (Fsp3) is 0.167. The van der Waals surface area contributed by atoms with Gasteiger partial charge < -0.3 is 0 Å². The lowest BCUT2D eigenvalue weighted by Gasteiger charge is -2.07. The zero-order valence-electron chi connectivity index (χ0n) is 12.3. The van der Waals surface area contributed by atoms with Crippen LogP contribution in [0.25, 0.3) is 22.0 Å². The number of carbonyl (C=O) groups is 1. The zero-order valence-corrected chi connectivity index (χ0v) is 13.2. The first-order valence-corrected chi connectivity index (χ1v) is 9.01. The number of carbonyl (C=O) groups excluding carboxylic acids is 1. The van der Waals surface area contributed by atoms with Crippen molar-refractivity contribution in [2.75, 3.05) is 0 Å². The van der Waals surface area contributed by atoms with Crippen molar-refractivity contribution in [1.82, 2.24) is 3.97 Å². The molecule has 0 aliphatic heterocycles. The molecule has 1 fully saturated rings. The van der Waals surface area contributed by atoms with E-state index in [1.807, 2.05) is 36.4 Å². The van der Waals surface area contributed by atoms with E-state index in [1.165, 1.54) is 3.97 Å². The summed E-state index contributed by atoms with van der Waals surface area (Å²) in [5.41, 5.74) is 3.34. The third-order valence-electron chi connectivity index (χ3n) is 4.25. The summed E-state index contributed by atoms with van der Waals surface area (Å²) in [4.78, 5) is 10.7. The van der Waals surface area contributed by atoms with E-state index in [4.69, 9.17) is 0 Å². The van der Waals surface area contributed by atoms with E-state index in [1.54, 1.807) is 18.3 Å². The summed E-state index contributed by atoms with van der Waals surface area (Å²) < 4.78 is 26.3. The molecular weight excluding hydrogens is 310 g/mol. The number of aldehydes is 1. The summed E-state index contributed by atoms with van der Waals surface area (Å²) in [5, 5.41) is 0.667. The van der Waals surface area contributed by atoms with E-state index in [0.29, 0.717) is 11.1 Å². The Balaban J connectivity index is 1.78. The van der Waals surface area contributed by atoms with Crippen molar-refractivity contribution in [3.05, 3.63) is 60.3 Å². The van der Waals surface area contributed by atoms with Crippen LogP contribution in [-0.2, 0) is 10.0 Å². The highest BCUT2D eigenvalue weighted by atomic mass is 32.2. The number of rotatable bonds is 4.